The van der Waals surface area contributed by atoms with Gasteiger partial charge in [-0.2, -0.15) is 0 Å². The Bertz CT molecular complexity index is 3030. The largest absolute Gasteiger partial charge is 0.509 e. The van der Waals surface area contributed by atoms with Gasteiger partial charge in [0.2, 0.25) is 0 Å². The zero-order chi connectivity index (χ0) is 64.9. The van der Waals surface area contributed by atoms with Crippen LogP contribution < -0.4 is 0 Å². The minimum Gasteiger partial charge on any atom is -0.488 e. The van der Waals surface area contributed by atoms with Gasteiger partial charge in [-0.25, -0.2) is 19.2 Å². The number of carbonyl (C=O) groups is 5. The molecule has 0 saturated carbocycles. The lowest BCUT2D eigenvalue weighted by Gasteiger charge is -2.49. The molecule has 17 atom stereocenters. The number of nitrogens with zero attached hydrogens (tertiary/aromatic N) is 1. The van der Waals surface area contributed by atoms with Crippen molar-refractivity contribution in [3.8, 4) is 0 Å². The summed E-state index contributed by atoms with van der Waals surface area (Å²) in [6.07, 6.45) is -14.6. The molecular formula is C69H89NO20. The average Bonchev–Trinajstić information content (AvgIpc) is 1.53. The molecule has 490 valence electrons. The van der Waals surface area contributed by atoms with Crippen molar-refractivity contribution in [1.82, 2.24) is 4.90 Å². The van der Waals surface area contributed by atoms with E-state index in [0.29, 0.717) is 28.9 Å². The second-order valence-electron chi connectivity index (χ2n) is 24.8. The minimum absolute atomic E-state index is 0.0139. The molecule has 21 nitrogen and oxygen atoms in total. The Hall–Kier alpha value is -7.27. The minimum atomic E-state index is -2.04. The van der Waals surface area contributed by atoms with Crippen molar-refractivity contribution in [2.75, 3.05) is 21.2 Å². The van der Waals surface area contributed by atoms with E-state index in [-0.39, 0.29) is 45.7 Å². The van der Waals surface area contributed by atoms with Crippen LogP contribution in [0.1, 0.15) is 117 Å². The van der Waals surface area contributed by atoms with E-state index in [9.17, 15) is 19.2 Å². The lowest BCUT2D eigenvalue weighted by atomic mass is 9.78. The zero-order valence-corrected chi connectivity index (χ0v) is 53.9. The number of likely N-dealkylation sites (N-methyl/N-ethyl adjacent to an activating group) is 1. The quantitative estimate of drug-likeness (QED) is 0.0628. The van der Waals surface area contributed by atoms with E-state index in [2.05, 4.69) is 0 Å². The summed E-state index contributed by atoms with van der Waals surface area (Å²) >= 11 is 0. The number of ether oxygens (including phenoxy) is 15. The van der Waals surface area contributed by atoms with Gasteiger partial charge >= 0.3 is 30.6 Å². The van der Waals surface area contributed by atoms with Gasteiger partial charge < -0.3 is 76.0 Å². The molecule has 3 fully saturated rings. The van der Waals surface area contributed by atoms with Crippen LogP contribution in [0.4, 0.5) is 19.2 Å². The first kappa shape index (κ1) is 68.6. The van der Waals surface area contributed by atoms with Gasteiger partial charge in [-0.3, -0.25) is 4.79 Å². The molecule has 0 radical (unpaired) electrons. The predicted molar refractivity (Wildman–Crippen MR) is 326 cm³/mol. The van der Waals surface area contributed by atoms with Gasteiger partial charge in [0, 0.05) is 25.9 Å². The van der Waals surface area contributed by atoms with Gasteiger partial charge in [0.1, 0.15) is 55.6 Å². The summed E-state index contributed by atoms with van der Waals surface area (Å²) < 4.78 is 95.8. The first-order chi connectivity index (χ1) is 42.9. The van der Waals surface area contributed by atoms with Crippen LogP contribution in [-0.2, 0) is 102 Å². The molecule has 1 unspecified atom stereocenters. The van der Waals surface area contributed by atoms with Crippen LogP contribution in [0.15, 0.2) is 133 Å². The van der Waals surface area contributed by atoms with Crippen molar-refractivity contribution in [3.63, 3.8) is 0 Å². The smallest absolute Gasteiger partial charge is 0.488 e. The van der Waals surface area contributed by atoms with Crippen LogP contribution in [0.2, 0.25) is 0 Å². The van der Waals surface area contributed by atoms with E-state index in [1.165, 1.54) is 14.0 Å². The predicted octanol–water partition coefficient (Wildman–Crippen LogP) is 12.3. The highest BCUT2D eigenvalue weighted by atomic mass is 16.8. The molecule has 2 bridgehead atoms. The lowest BCUT2D eigenvalue weighted by Crippen LogP contribution is -2.61. The van der Waals surface area contributed by atoms with Crippen LogP contribution >= 0.6 is 0 Å². The number of fused-ring (bicyclic) bond motifs is 2. The second kappa shape index (κ2) is 30.7. The Morgan fingerprint density at radius 2 is 1.08 bits per heavy atom. The SMILES string of the molecule is CC[C@@H]1OC(=O)[C@H](C)[C@H](O[C@H]2C[C@@](C)(OC)[C@@H](OC(=O)OCc3ccccc3)[C@H](C)O2)[C@H](C)C(O[C@@H]2O[C@H](C)C[C@H](N(C)C)[C@H]2OC(=O)OCc2ccccc2)[C@@]2(C)CC(C)=C(O2)[C@@H](C)[C@@H](OC(=O)OCc2ccccc2)[C@]1(C)OC(=O)OCc1ccccc1. The number of benzene rings is 4. The van der Waals surface area contributed by atoms with Crippen molar-refractivity contribution >= 4 is 30.6 Å². The number of esters is 1. The fraction of sp³-hybridized carbons (Fsp3) is 0.551. The average molecular weight is 1250 g/mol. The summed E-state index contributed by atoms with van der Waals surface area (Å²) in [5.41, 5.74) is -1.14. The van der Waals surface area contributed by atoms with Gasteiger partial charge in [0.25, 0.3) is 0 Å². The van der Waals surface area contributed by atoms with E-state index in [1.54, 1.807) is 83.1 Å². The van der Waals surface area contributed by atoms with Crippen molar-refractivity contribution < 1.29 is 95.0 Å². The molecular weight excluding hydrogens is 1160 g/mol. The molecule has 4 aromatic rings. The van der Waals surface area contributed by atoms with Gasteiger partial charge in [-0.05, 0) is 103 Å². The molecule has 4 aliphatic heterocycles. The van der Waals surface area contributed by atoms with Crippen LogP contribution in [0.25, 0.3) is 0 Å². The molecule has 0 spiro atoms. The first-order valence-electron chi connectivity index (χ1n) is 30.9. The van der Waals surface area contributed by atoms with E-state index in [0.717, 1.165) is 11.1 Å². The maximum absolute atomic E-state index is 15.6. The number of cyclic esters (lactones) is 1. The topological polar surface area (TPSA) is 227 Å². The number of rotatable bonds is 19. The number of hydrogen-bond donors (Lipinski definition) is 0. The van der Waals surface area contributed by atoms with Crippen molar-refractivity contribution in [2.24, 2.45) is 17.8 Å². The number of methoxy groups -OCH3 is 1. The Balaban J connectivity index is 1.20. The summed E-state index contributed by atoms with van der Waals surface area (Å²) in [7, 11) is 5.23. The second-order valence-corrected chi connectivity index (χ2v) is 24.8. The molecule has 4 heterocycles. The van der Waals surface area contributed by atoms with E-state index in [1.807, 2.05) is 119 Å². The summed E-state index contributed by atoms with van der Waals surface area (Å²) in [6, 6.07) is 35.9. The molecule has 21 heteroatoms. The Kier molecular flexibility index (Phi) is 23.4. The molecule has 3 saturated heterocycles. The summed E-state index contributed by atoms with van der Waals surface area (Å²) in [6.45, 7) is 17.2. The monoisotopic (exact) mass is 1250 g/mol. The zero-order valence-electron chi connectivity index (χ0n) is 53.9. The van der Waals surface area contributed by atoms with Gasteiger partial charge in [0.15, 0.2) is 36.5 Å². The summed E-state index contributed by atoms with van der Waals surface area (Å²) in [5, 5.41) is 0. The molecule has 90 heavy (non-hydrogen) atoms. The summed E-state index contributed by atoms with van der Waals surface area (Å²) in [5.74, 6) is -3.57. The standard InChI is InChI=1S/C69H89NO20/c1-14-53-69(10,90-66(75)80-41-51-33-25-18-26-34-51)59(87-64(73)78-39-49-29-21-16-22-30-49)44(4)55-42(2)36-68(9,89-55)58(86-62-57(52(70(11)12)35-43(3)81-62)85-63(72)77-38-48-27-19-15-20-28-48)45(5)56(46(6)61(71)83-53)84-54-37-67(8,76-13)60(47(7)82-54)88-65(74)79-40-50-31-23-17-24-32-50/h15-34,43-47,52-54,56-60,62H,14,35-41H2,1-13H3/t43-,44-,45+,46-,47+,52+,53+,54+,56-,57-,58?,59-,60+,62+,67-,68-,69-/m1/s1. The molecule has 4 aromatic carbocycles. The Morgan fingerprint density at radius 1 is 0.600 bits per heavy atom. The van der Waals surface area contributed by atoms with Crippen LogP contribution in [0.3, 0.4) is 0 Å². The van der Waals surface area contributed by atoms with E-state index in [4.69, 9.17) is 71.1 Å². The highest BCUT2D eigenvalue weighted by molar-refractivity contribution is 5.73. The van der Waals surface area contributed by atoms with Gasteiger partial charge in [0.05, 0.1) is 36.2 Å². The van der Waals surface area contributed by atoms with E-state index < -0.39 is 133 Å². The molecule has 8 rings (SSSR count). The van der Waals surface area contributed by atoms with E-state index >= 15 is 4.79 Å². The molecule has 0 aromatic heterocycles. The maximum atomic E-state index is 15.6. The molecule has 0 amide bonds. The van der Waals surface area contributed by atoms with Crippen LogP contribution in [0.5, 0.6) is 0 Å². The summed E-state index contributed by atoms with van der Waals surface area (Å²) in [4.78, 5) is 73.4. The third kappa shape index (κ3) is 17.0. The molecule has 0 aliphatic carbocycles. The third-order valence-electron chi connectivity index (χ3n) is 17.6. The van der Waals surface area contributed by atoms with Crippen molar-refractivity contribution in [3.05, 3.63) is 155 Å². The van der Waals surface area contributed by atoms with Gasteiger partial charge in [-0.1, -0.05) is 142 Å². The van der Waals surface area contributed by atoms with Crippen LogP contribution in [0, 0.1) is 17.8 Å². The maximum Gasteiger partial charge on any atom is 0.509 e. The fourth-order valence-corrected chi connectivity index (χ4v) is 12.9. The number of carbonyl (C=O) groups excluding carboxylic acids is 5. The third-order valence-corrected chi connectivity index (χ3v) is 17.6. The highest BCUT2D eigenvalue weighted by Crippen LogP contribution is 2.49. The lowest BCUT2D eigenvalue weighted by molar-refractivity contribution is -0.317. The fourth-order valence-electron chi connectivity index (χ4n) is 12.9. The Morgan fingerprint density at radius 3 is 1.56 bits per heavy atom. The molecule has 4 aliphatic rings. The van der Waals surface area contributed by atoms with Crippen molar-refractivity contribution in [2.45, 2.75) is 206 Å². The Labute approximate surface area is 528 Å². The molecule has 0 N–H and O–H groups in total. The van der Waals surface area contributed by atoms with Crippen LogP contribution in [-0.4, -0.2) is 141 Å². The normalized spacial score (nSPS) is 32.1. The number of hydrogen-bond acceptors (Lipinski definition) is 21. The first-order valence-corrected chi connectivity index (χ1v) is 30.9. The van der Waals surface area contributed by atoms with Gasteiger partial charge in [-0.15, -0.1) is 0 Å². The highest BCUT2D eigenvalue weighted by Gasteiger charge is 2.59. The van der Waals surface area contributed by atoms with Crippen molar-refractivity contribution in [1.29, 1.82) is 0 Å².